The topological polar surface area (TPSA) is 91.3 Å². The van der Waals surface area contributed by atoms with E-state index in [1.54, 1.807) is 29.4 Å². The molecule has 2 aromatic carbocycles. The number of fused-ring (bicyclic) bond motifs is 1. The van der Waals surface area contributed by atoms with E-state index in [4.69, 9.17) is 16.3 Å². The molecule has 1 unspecified atom stereocenters. The van der Waals surface area contributed by atoms with Gasteiger partial charge < -0.3 is 14.7 Å². The van der Waals surface area contributed by atoms with E-state index in [2.05, 4.69) is 22.1 Å². The summed E-state index contributed by atoms with van der Waals surface area (Å²) in [6.07, 6.45) is 5.46. The SMILES string of the molecule is CCCCOc1cccc(C2c3c(-c4cc(Cl)ccc4O)n[nH]c3C(=O)N2Cc2cccnc2)c1. The zero-order valence-electron chi connectivity index (χ0n) is 19.2. The van der Waals surface area contributed by atoms with Gasteiger partial charge in [-0.25, -0.2) is 0 Å². The number of carbonyl (C=O) groups is 1. The van der Waals surface area contributed by atoms with E-state index in [0.29, 0.717) is 40.7 Å². The maximum atomic E-state index is 13.6. The minimum atomic E-state index is -0.445. The number of phenolic OH excluding ortho intramolecular Hbond substituents is 1. The monoisotopic (exact) mass is 488 g/mol. The number of amides is 1. The second-order valence-corrected chi connectivity index (χ2v) is 8.93. The van der Waals surface area contributed by atoms with E-state index in [-0.39, 0.29) is 11.7 Å². The number of nitrogens with one attached hydrogen (secondary N) is 1. The van der Waals surface area contributed by atoms with Crippen LogP contribution in [-0.4, -0.2) is 37.7 Å². The van der Waals surface area contributed by atoms with Gasteiger partial charge in [0.25, 0.3) is 5.91 Å². The summed E-state index contributed by atoms with van der Waals surface area (Å²) < 4.78 is 5.95. The first-order valence-electron chi connectivity index (χ1n) is 11.6. The Morgan fingerprint density at radius 2 is 2.06 bits per heavy atom. The van der Waals surface area contributed by atoms with Gasteiger partial charge in [0.15, 0.2) is 0 Å². The summed E-state index contributed by atoms with van der Waals surface area (Å²) in [5.74, 6) is 0.609. The highest BCUT2D eigenvalue weighted by Gasteiger charge is 2.42. The van der Waals surface area contributed by atoms with Crippen molar-refractivity contribution < 1.29 is 14.6 Å². The standard InChI is InChI=1S/C27H25ClN4O3/c1-2-3-12-35-20-8-4-7-18(13-20)26-23-24(21-14-19(28)9-10-22(21)33)30-31-25(23)27(34)32(26)16-17-6-5-11-29-15-17/h4-11,13-15,26,33H,2-3,12,16H2,1H3,(H,30,31). The highest BCUT2D eigenvalue weighted by atomic mass is 35.5. The molecule has 3 heterocycles. The van der Waals surface area contributed by atoms with Gasteiger partial charge in [0.1, 0.15) is 22.9 Å². The number of halogens is 1. The zero-order chi connectivity index (χ0) is 24.4. The smallest absolute Gasteiger partial charge is 0.273 e. The minimum absolute atomic E-state index is 0.0391. The Hall–Kier alpha value is -3.84. The summed E-state index contributed by atoms with van der Waals surface area (Å²) in [5, 5.41) is 18.4. The van der Waals surface area contributed by atoms with Crippen LogP contribution in [0.4, 0.5) is 0 Å². The number of benzene rings is 2. The summed E-state index contributed by atoms with van der Waals surface area (Å²) in [5.41, 5.74) is 3.84. The van der Waals surface area contributed by atoms with E-state index in [1.165, 1.54) is 6.07 Å². The zero-order valence-corrected chi connectivity index (χ0v) is 20.0. The van der Waals surface area contributed by atoms with Gasteiger partial charge in [0.2, 0.25) is 0 Å². The van der Waals surface area contributed by atoms with Crippen molar-refractivity contribution in [2.24, 2.45) is 0 Å². The molecule has 8 heteroatoms. The fourth-order valence-electron chi connectivity index (χ4n) is 4.41. The van der Waals surface area contributed by atoms with Gasteiger partial charge in [0, 0.05) is 35.1 Å². The van der Waals surface area contributed by atoms with Gasteiger partial charge in [-0.15, -0.1) is 0 Å². The number of pyridine rings is 1. The van der Waals surface area contributed by atoms with Gasteiger partial charge >= 0.3 is 0 Å². The molecule has 0 saturated carbocycles. The van der Waals surface area contributed by atoms with Crippen LogP contribution in [0.3, 0.4) is 0 Å². The number of aromatic hydroxyl groups is 1. The van der Waals surface area contributed by atoms with Crippen molar-refractivity contribution in [3.63, 3.8) is 0 Å². The molecule has 2 aromatic heterocycles. The van der Waals surface area contributed by atoms with Crippen molar-refractivity contribution in [1.29, 1.82) is 0 Å². The second kappa shape index (κ2) is 9.80. The minimum Gasteiger partial charge on any atom is -0.507 e. The molecule has 1 aliphatic rings. The summed E-state index contributed by atoms with van der Waals surface area (Å²) in [6.45, 7) is 3.11. The summed E-state index contributed by atoms with van der Waals surface area (Å²) in [6, 6.07) is 15.9. The number of aromatic nitrogens is 3. The number of aromatic amines is 1. The van der Waals surface area contributed by atoms with Gasteiger partial charge in [-0.3, -0.25) is 14.9 Å². The number of hydrogen-bond donors (Lipinski definition) is 2. The molecule has 1 aliphatic heterocycles. The van der Waals surface area contributed by atoms with Crippen molar-refractivity contribution >= 4 is 17.5 Å². The molecule has 0 saturated heterocycles. The average molecular weight is 489 g/mol. The molecule has 0 bridgehead atoms. The summed E-state index contributed by atoms with van der Waals surface area (Å²) in [4.78, 5) is 19.6. The number of unbranched alkanes of at least 4 members (excludes halogenated alkanes) is 1. The lowest BCUT2D eigenvalue weighted by Gasteiger charge is -2.27. The van der Waals surface area contributed by atoms with E-state index in [9.17, 15) is 9.90 Å². The molecule has 0 radical (unpaired) electrons. The van der Waals surface area contributed by atoms with Crippen molar-refractivity contribution in [2.45, 2.75) is 32.4 Å². The highest BCUT2D eigenvalue weighted by Crippen LogP contribution is 2.45. The molecule has 35 heavy (non-hydrogen) atoms. The molecule has 0 spiro atoms. The quantitative estimate of drug-likeness (QED) is 0.308. The fourth-order valence-corrected chi connectivity index (χ4v) is 4.58. The molecule has 1 atom stereocenters. The third-order valence-electron chi connectivity index (χ3n) is 6.09. The van der Waals surface area contributed by atoms with Gasteiger partial charge in [-0.2, -0.15) is 5.10 Å². The van der Waals surface area contributed by atoms with Gasteiger partial charge in [0.05, 0.1) is 12.6 Å². The Morgan fingerprint density at radius 1 is 1.17 bits per heavy atom. The number of ether oxygens (including phenoxy) is 1. The maximum absolute atomic E-state index is 13.6. The van der Waals surface area contributed by atoms with E-state index >= 15 is 0 Å². The number of H-pyrrole nitrogens is 1. The molecule has 0 aliphatic carbocycles. The first kappa shape index (κ1) is 22.9. The fraction of sp³-hybridized carbons (Fsp3) is 0.222. The van der Waals surface area contributed by atoms with E-state index in [1.807, 2.05) is 36.4 Å². The Bertz CT molecular complexity index is 1360. The van der Waals surface area contributed by atoms with Gasteiger partial charge in [-0.1, -0.05) is 43.1 Å². The van der Waals surface area contributed by atoms with Crippen LogP contribution in [0.5, 0.6) is 11.5 Å². The van der Waals surface area contributed by atoms with Crippen molar-refractivity contribution in [1.82, 2.24) is 20.1 Å². The van der Waals surface area contributed by atoms with Crippen LogP contribution in [0.2, 0.25) is 5.02 Å². The van der Waals surface area contributed by atoms with Crippen molar-refractivity contribution in [3.05, 3.63) is 94.4 Å². The Balaban J connectivity index is 1.62. The van der Waals surface area contributed by atoms with E-state index in [0.717, 1.165) is 29.7 Å². The number of carbonyl (C=O) groups excluding carboxylic acids is 1. The third-order valence-corrected chi connectivity index (χ3v) is 6.33. The molecule has 178 valence electrons. The van der Waals surface area contributed by atoms with Gasteiger partial charge in [-0.05, 0) is 53.9 Å². The Morgan fingerprint density at radius 3 is 2.86 bits per heavy atom. The molecule has 1 amide bonds. The van der Waals surface area contributed by atoms with Crippen LogP contribution in [0.1, 0.15) is 53.0 Å². The molecular formula is C27H25ClN4O3. The molecule has 2 N–H and O–H groups in total. The highest BCUT2D eigenvalue weighted by molar-refractivity contribution is 6.31. The summed E-state index contributed by atoms with van der Waals surface area (Å²) >= 11 is 6.23. The van der Waals surface area contributed by atoms with Crippen LogP contribution in [0, 0.1) is 0 Å². The average Bonchev–Trinajstić information content (AvgIpc) is 3.41. The predicted molar refractivity (Wildman–Crippen MR) is 133 cm³/mol. The third kappa shape index (κ3) is 4.47. The molecule has 5 rings (SSSR count). The second-order valence-electron chi connectivity index (χ2n) is 8.49. The number of nitrogens with zero attached hydrogens (tertiary/aromatic N) is 3. The number of phenols is 1. The first-order chi connectivity index (χ1) is 17.1. The van der Waals surface area contributed by atoms with E-state index < -0.39 is 6.04 Å². The summed E-state index contributed by atoms with van der Waals surface area (Å²) in [7, 11) is 0. The van der Waals surface area contributed by atoms with Crippen LogP contribution < -0.4 is 4.74 Å². The normalized spacial score (nSPS) is 14.9. The van der Waals surface area contributed by atoms with Crippen molar-refractivity contribution in [2.75, 3.05) is 6.61 Å². The maximum Gasteiger partial charge on any atom is 0.273 e. The van der Waals surface area contributed by atoms with Crippen LogP contribution in [-0.2, 0) is 6.54 Å². The molecule has 7 nitrogen and oxygen atoms in total. The van der Waals surface area contributed by atoms with Crippen LogP contribution >= 0.6 is 11.6 Å². The van der Waals surface area contributed by atoms with Crippen LogP contribution in [0.15, 0.2) is 67.0 Å². The number of hydrogen-bond acceptors (Lipinski definition) is 5. The molecule has 4 aromatic rings. The lowest BCUT2D eigenvalue weighted by Crippen LogP contribution is -2.29. The van der Waals surface area contributed by atoms with Crippen molar-refractivity contribution in [3.8, 4) is 22.8 Å². The first-order valence-corrected chi connectivity index (χ1v) is 11.9. The lowest BCUT2D eigenvalue weighted by molar-refractivity contribution is 0.0729. The Labute approximate surface area is 208 Å². The van der Waals surface area contributed by atoms with Crippen LogP contribution in [0.25, 0.3) is 11.3 Å². The predicted octanol–water partition coefficient (Wildman–Crippen LogP) is 5.76. The number of rotatable bonds is 8. The largest absolute Gasteiger partial charge is 0.507 e. The molecule has 0 fully saturated rings. The molecular weight excluding hydrogens is 464 g/mol. The lowest BCUT2D eigenvalue weighted by atomic mass is 9.95. The Kier molecular flexibility index (Phi) is 6.42.